The van der Waals surface area contributed by atoms with E-state index in [1.54, 1.807) is 11.9 Å². The maximum absolute atomic E-state index is 11.7. The van der Waals surface area contributed by atoms with E-state index in [0.717, 1.165) is 19.4 Å². The van der Waals surface area contributed by atoms with Crippen molar-refractivity contribution in [3.63, 3.8) is 0 Å². The molecule has 1 saturated carbocycles. The van der Waals surface area contributed by atoms with Gasteiger partial charge in [-0.15, -0.1) is 0 Å². The fourth-order valence-corrected chi connectivity index (χ4v) is 2.84. The van der Waals surface area contributed by atoms with E-state index < -0.39 is 0 Å². The van der Waals surface area contributed by atoms with Gasteiger partial charge < -0.3 is 10.2 Å². The van der Waals surface area contributed by atoms with Crippen LogP contribution in [-0.2, 0) is 9.59 Å². The minimum Gasteiger partial charge on any atom is -0.358 e. The van der Waals surface area contributed by atoms with Crippen LogP contribution < -0.4 is 5.32 Å². The normalized spacial score (nSPS) is 23.8. The number of likely N-dealkylation sites (tertiary alicyclic amines) is 1. The fourth-order valence-electron chi connectivity index (χ4n) is 2.84. The van der Waals surface area contributed by atoms with Gasteiger partial charge in [-0.3, -0.25) is 9.59 Å². The van der Waals surface area contributed by atoms with Crippen LogP contribution in [0.5, 0.6) is 0 Å². The molecule has 4 heteroatoms. The number of amides is 2. The Morgan fingerprint density at radius 1 is 1.47 bits per heavy atom. The van der Waals surface area contributed by atoms with E-state index in [9.17, 15) is 9.59 Å². The fraction of sp³-hybridized carbons (Fsp3) is 0.818. The zero-order valence-corrected chi connectivity index (χ0v) is 9.21. The lowest BCUT2D eigenvalue weighted by molar-refractivity contribution is -0.132. The number of hydrogen-bond acceptors (Lipinski definition) is 2. The molecule has 0 bridgehead atoms. The van der Waals surface area contributed by atoms with Gasteiger partial charge in [-0.25, -0.2) is 0 Å². The Kier molecular flexibility index (Phi) is 2.67. The van der Waals surface area contributed by atoms with Crippen LogP contribution in [0.1, 0.15) is 32.1 Å². The van der Waals surface area contributed by atoms with Gasteiger partial charge in [0.05, 0.1) is 6.54 Å². The molecule has 1 saturated heterocycles. The number of hydrogen-bond donors (Lipinski definition) is 1. The average molecular weight is 210 g/mol. The largest absolute Gasteiger partial charge is 0.358 e. The predicted octanol–water partition coefficient (Wildman–Crippen LogP) is 0.525. The molecule has 1 aliphatic heterocycles. The first-order valence-electron chi connectivity index (χ1n) is 5.64. The number of carbonyl (C=O) groups is 2. The van der Waals surface area contributed by atoms with E-state index in [4.69, 9.17) is 0 Å². The van der Waals surface area contributed by atoms with Crippen LogP contribution in [-0.4, -0.2) is 36.9 Å². The summed E-state index contributed by atoms with van der Waals surface area (Å²) in [6, 6.07) is 0. The summed E-state index contributed by atoms with van der Waals surface area (Å²) >= 11 is 0. The summed E-state index contributed by atoms with van der Waals surface area (Å²) in [6.45, 7) is 1.02. The summed E-state index contributed by atoms with van der Waals surface area (Å²) in [5.74, 6) is 0.0823. The minimum atomic E-state index is -0.0709. The van der Waals surface area contributed by atoms with Crippen LogP contribution in [0.2, 0.25) is 0 Å². The highest BCUT2D eigenvalue weighted by molar-refractivity contribution is 5.86. The zero-order valence-electron chi connectivity index (χ0n) is 9.21. The monoisotopic (exact) mass is 210 g/mol. The van der Waals surface area contributed by atoms with Crippen molar-refractivity contribution in [3.05, 3.63) is 0 Å². The molecule has 2 amide bonds. The quantitative estimate of drug-likeness (QED) is 0.722. The molecule has 2 rings (SSSR count). The molecule has 2 aliphatic rings. The second kappa shape index (κ2) is 3.83. The van der Waals surface area contributed by atoms with Crippen molar-refractivity contribution >= 4 is 11.8 Å². The molecule has 4 nitrogen and oxygen atoms in total. The van der Waals surface area contributed by atoms with Gasteiger partial charge in [0.1, 0.15) is 0 Å². The van der Waals surface area contributed by atoms with Gasteiger partial charge in [0.2, 0.25) is 11.8 Å². The van der Waals surface area contributed by atoms with Crippen molar-refractivity contribution in [2.24, 2.45) is 5.41 Å². The molecule has 1 N–H and O–H groups in total. The van der Waals surface area contributed by atoms with Gasteiger partial charge >= 0.3 is 0 Å². The summed E-state index contributed by atoms with van der Waals surface area (Å²) < 4.78 is 0. The predicted molar refractivity (Wildman–Crippen MR) is 56.2 cm³/mol. The Hall–Kier alpha value is -1.06. The summed E-state index contributed by atoms with van der Waals surface area (Å²) in [7, 11) is 1.61. The van der Waals surface area contributed by atoms with Gasteiger partial charge in [-0.05, 0) is 18.3 Å². The first kappa shape index (κ1) is 10.5. The average Bonchev–Trinajstić information content (AvgIpc) is 2.76. The Labute approximate surface area is 90.0 Å². The molecule has 0 aromatic carbocycles. The van der Waals surface area contributed by atoms with Crippen LogP contribution in [0, 0.1) is 5.41 Å². The van der Waals surface area contributed by atoms with Gasteiger partial charge in [0, 0.05) is 20.0 Å². The van der Waals surface area contributed by atoms with Gasteiger partial charge in [-0.1, -0.05) is 12.8 Å². The van der Waals surface area contributed by atoms with Crippen LogP contribution in [0.3, 0.4) is 0 Å². The maximum atomic E-state index is 11.7. The third-order valence-corrected chi connectivity index (χ3v) is 3.68. The topological polar surface area (TPSA) is 49.4 Å². The van der Waals surface area contributed by atoms with E-state index in [-0.39, 0.29) is 23.8 Å². The van der Waals surface area contributed by atoms with Crippen molar-refractivity contribution in [1.29, 1.82) is 0 Å². The standard InChI is InChI=1S/C11H18N2O2/c1-12-9(14)7-13-8-11(6-10(13)15)4-2-3-5-11/h2-8H2,1H3,(H,12,14). The van der Waals surface area contributed by atoms with E-state index in [1.165, 1.54) is 12.8 Å². The summed E-state index contributed by atoms with van der Waals surface area (Å²) in [5, 5.41) is 2.56. The molecular formula is C11H18N2O2. The molecule has 1 aliphatic carbocycles. The molecule has 0 aromatic heterocycles. The van der Waals surface area contributed by atoms with Gasteiger partial charge in [-0.2, -0.15) is 0 Å². The van der Waals surface area contributed by atoms with Crippen molar-refractivity contribution < 1.29 is 9.59 Å². The van der Waals surface area contributed by atoms with Crippen LogP contribution in [0.25, 0.3) is 0 Å². The minimum absolute atomic E-state index is 0.0709. The lowest BCUT2D eigenvalue weighted by atomic mass is 9.85. The molecule has 0 radical (unpaired) electrons. The smallest absolute Gasteiger partial charge is 0.239 e. The lowest BCUT2D eigenvalue weighted by Crippen LogP contribution is -2.37. The van der Waals surface area contributed by atoms with Crippen molar-refractivity contribution in [3.8, 4) is 0 Å². The molecule has 0 aromatic rings. The molecule has 0 unspecified atom stereocenters. The van der Waals surface area contributed by atoms with Gasteiger partial charge in [0.25, 0.3) is 0 Å². The first-order valence-corrected chi connectivity index (χ1v) is 5.64. The molecular weight excluding hydrogens is 192 g/mol. The van der Waals surface area contributed by atoms with Crippen LogP contribution in [0.4, 0.5) is 0 Å². The highest BCUT2D eigenvalue weighted by Gasteiger charge is 2.44. The highest BCUT2D eigenvalue weighted by atomic mass is 16.2. The number of rotatable bonds is 2. The van der Waals surface area contributed by atoms with Gasteiger partial charge in [0.15, 0.2) is 0 Å². The Balaban J connectivity index is 1.98. The summed E-state index contributed by atoms with van der Waals surface area (Å²) in [4.78, 5) is 24.7. The third-order valence-electron chi connectivity index (χ3n) is 3.68. The van der Waals surface area contributed by atoms with E-state index in [1.807, 2.05) is 0 Å². The molecule has 1 heterocycles. The molecule has 0 atom stereocenters. The van der Waals surface area contributed by atoms with E-state index in [2.05, 4.69) is 5.32 Å². The summed E-state index contributed by atoms with van der Waals surface area (Å²) in [5.41, 5.74) is 0.213. The van der Waals surface area contributed by atoms with Crippen LogP contribution >= 0.6 is 0 Å². The van der Waals surface area contributed by atoms with Crippen LogP contribution in [0.15, 0.2) is 0 Å². The Bertz CT molecular complexity index is 282. The van der Waals surface area contributed by atoms with E-state index in [0.29, 0.717) is 6.42 Å². The Morgan fingerprint density at radius 2 is 2.13 bits per heavy atom. The van der Waals surface area contributed by atoms with E-state index >= 15 is 0 Å². The molecule has 2 fully saturated rings. The third kappa shape index (κ3) is 1.98. The molecule has 84 valence electrons. The second-order valence-corrected chi connectivity index (χ2v) is 4.81. The Morgan fingerprint density at radius 3 is 2.73 bits per heavy atom. The molecule has 1 spiro atoms. The SMILES string of the molecule is CNC(=O)CN1CC2(CCCC2)CC1=O. The second-order valence-electron chi connectivity index (χ2n) is 4.81. The zero-order chi connectivity index (χ0) is 10.9. The first-order chi connectivity index (χ1) is 7.15. The number of nitrogens with one attached hydrogen (secondary N) is 1. The number of carbonyl (C=O) groups excluding carboxylic acids is 2. The number of likely N-dealkylation sites (N-methyl/N-ethyl adjacent to an activating group) is 1. The molecule has 15 heavy (non-hydrogen) atoms. The highest BCUT2D eigenvalue weighted by Crippen LogP contribution is 2.45. The summed E-state index contributed by atoms with van der Waals surface area (Å²) in [6.07, 6.45) is 5.44. The van der Waals surface area contributed by atoms with Crippen molar-refractivity contribution in [2.45, 2.75) is 32.1 Å². The van der Waals surface area contributed by atoms with Crippen molar-refractivity contribution in [1.82, 2.24) is 10.2 Å². The lowest BCUT2D eigenvalue weighted by Gasteiger charge is -2.22. The number of nitrogens with zero attached hydrogens (tertiary/aromatic N) is 1. The maximum Gasteiger partial charge on any atom is 0.239 e. The van der Waals surface area contributed by atoms with Crippen molar-refractivity contribution in [2.75, 3.05) is 20.1 Å².